The number of hydrogen-bond acceptors (Lipinski definition) is 3. The normalized spacial score (nSPS) is 19.4. The number of rotatable bonds is 4. The Morgan fingerprint density at radius 3 is 2.88 bits per heavy atom. The molecule has 4 nitrogen and oxygen atoms in total. The van der Waals surface area contributed by atoms with Gasteiger partial charge in [0, 0.05) is 24.0 Å². The molecule has 0 aliphatic carbocycles. The minimum absolute atomic E-state index is 0.105. The number of likely N-dealkylation sites (tertiary alicyclic amines) is 1. The first-order chi connectivity index (χ1) is 11.5. The Morgan fingerprint density at radius 1 is 1.29 bits per heavy atom. The van der Waals surface area contributed by atoms with Crippen molar-refractivity contribution in [3.8, 4) is 0 Å². The van der Waals surface area contributed by atoms with Crippen molar-refractivity contribution in [3.05, 3.63) is 42.2 Å². The maximum absolute atomic E-state index is 12.6. The number of carbonyl (C=O) groups excluding carboxylic acids is 1. The standard InChI is InChI=1S/C20H27N3O/c1-20(2,19-17-10-5-4-8-15(17)11-12-21-19)22-18(24)14-16-9-6-7-13-23(16)3/h4-5,8,10-12,16H,6-7,9,13-14H2,1-3H3,(H,22,24). The lowest BCUT2D eigenvalue weighted by Gasteiger charge is -2.33. The summed E-state index contributed by atoms with van der Waals surface area (Å²) in [5.41, 5.74) is 0.427. The third-order valence-corrected chi connectivity index (χ3v) is 5.06. The first-order valence-corrected chi connectivity index (χ1v) is 8.83. The van der Waals surface area contributed by atoms with Crippen LogP contribution in [-0.2, 0) is 10.3 Å². The van der Waals surface area contributed by atoms with E-state index >= 15 is 0 Å². The second-order valence-corrected chi connectivity index (χ2v) is 7.39. The molecule has 2 aromatic rings. The number of nitrogens with one attached hydrogen (secondary N) is 1. The zero-order chi connectivity index (χ0) is 17.2. The molecule has 0 saturated carbocycles. The summed E-state index contributed by atoms with van der Waals surface area (Å²) in [7, 11) is 2.12. The SMILES string of the molecule is CN1CCCCC1CC(=O)NC(C)(C)c1nccc2ccccc12. The van der Waals surface area contributed by atoms with E-state index < -0.39 is 5.54 Å². The van der Waals surface area contributed by atoms with Crippen molar-refractivity contribution >= 4 is 16.7 Å². The number of nitrogens with zero attached hydrogens (tertiary/aromatic N) is 2. The van der Waals surface area contributed by atoms with E-state index in [9.17, 15) is 4.79 Å². The number of benzene rings is 1. The summed E-state index contributed by atoms with van der Waals surface area (Å²) < 4.78 is 0. The quantitative estimate of drug-likeness (QED) is 0.936. The van der Waals surface area contributed by atoms with E-state index in [1.54, 1.807) is 0 Å². The Hall–Kier alpha value is -1.94. The topological polar surface area (TPSA) is 45.2 Å². The van der Waals surface area contributed by atoms with Gasteiger partial charge in [0.1, 0.15) is 0 Å². The minimum Gasteiger partial charge on any atom is -0.346 e. The van der Waals surface area contributed by atoms with Crippen molar-refractivity contribution < 1.29 is 4.79 Å². The zero-order valence-electron chi connectivity index (χ0n) is 14.9. The van der Waals surface area contributed by atoms with Crippen LogP contribution in [0, 0.1) is 0 Å². The lowest BCUT2D eigenvalue weighted by Crippen LogP contribution is -2.45. The van der Waals surface area contributed by atoms with Crippen LogP contribution in [0.5, 0.6) is 0 Å². The molecule has 2 heterocycles. The maximum atomic E-state index is 12.6. The number of aromatic nitrogens is 1. The lowest BCUT2D eigenvalue weighted by molar-refractivity contribution is -0.124. The average molecular weight is 325 g/mol. The molecule has 1 unspecified atom stereocenters. The Morgan fingerprint density at radius 2 is 2.08 bits per heavy atom. The molecule has 1 aromatic carbocycles. The number of piperidine rings is 1. The third kappa shape index (κ3) is 3.59. The highest BCUT2D eigenvalue weighted by Crippen LogP contribution is 2.27. The molecule has 128 valence electrons. The molecule has 1 atom stereocenters. The average Bonchev–Trinajstić information content (AvgIpc) is 2.56. The molecule has 1 aliphatic rings. The largest absolute Gasteiger partial charge is 0.346 e. The summed E-state index contributed by atoms with van der Waals surface area (Å²) in [4.78, 5) is 19.5. The number of pyridine rings is 1. The van der Waals surface area contributed by atoms with Crippen LogP contribution in [-0.4, -0.2) is 35.4 Å². The molecule has 1 aromatic heterocycles. The van der Waals surface area contributed by atoms with Gasteiger partial charge in [0.15, 0.2) is 0 Å². The highest BCUT2D eigenvalue weighted by atomic mass is 16.1. The lowest BCUT2D eigenvalue weighted by atomic mass is 9.93. The summed E-state index contributed by atoms with van der Waals surface area (Å²) in [5.74, 6) is 0.105. The van der Waals surface area contributed by atoms with Crippen LogP contribution in [0.3, 0.4) is 0 Å². The molecule has 24 heavy (non-hydrogen) atoms. The Balaban J connectivity index is 1.76. The second-order valence-electron chi connectivity index (χ2n) is 7.39. The van der Waals surface area contributed by atoms with Gasteiger partial charge < -0.3 is 10.2 Å². The van der Waals surface area contributed by atoms with Gasteiger partial charge in [-0.05, 0) is 51.7 Å². The fraction of sp³-hybridized carbons (Fsp3) is 0.500. The smallest absolute Gasteiger partial charge is 0.222 e. The van der Waals surface area contributed by atoms with Gasteiger partial charge in [-0.2, -0.15) is 0 Å². The van der Waals surface area contributed by atoms with Gasteiger partial charge in [-0.3, -0.25) is 9.78 Å². The van der Waals surface area contributed by atoms with Gasteiger partial charge in [-0.15, -0.1) is 0 Å². The van der Waals surface area contributed by atoms with E-state index in [0.717, 1.165) is 29.4 Å². The summed E-state index contributed by atoms with van der Waals surface area (Å²) in [5, 5.41) is 5.45. The third-order valence-electron chi connectivity index (χ3n) is 5.06. The van der Waals surface area contributed by atoms with Gasteiger partial charge in [-0.1, -0.05) is 30.7 Å². The minimum atomic E-state index is -0.495. The van der Waals surface area contributed by atoms with Crippen LogP contribution in [0.1, 0.15) is 45.2 Å². The second kappa shape index (κ2) is 6.89. The molecule has 1 aliphatic heterocycles. The molecular weight excluding hydrogens is 298 g/mol. The van der Waals surface area contributed by atoms with Crippen molar-refractivity contribution in [3.63, 3.8) is 0 Å². The van der Waals surface area contributed by atoms with Gasteiger partial charge in [0.05, 0.1) is 11.2 Å². The summed E-state index contributed by atoms with van der Waals surface area (Å²) >= 11 is 0. The first kappa shape index (κ1) is 16.9. The first-order valence-electron chi connectivity index (χ1n) is 8.83. The van der Waals surface area contributed by atoms with Crippen molar-refractivity contribution in [2.24, 2.45) is 0 Å². The van der Waals surface area contributed by atoms with Crippen LogP contribution < -0.4 is 5.32 Å². The number of fused-ring (bicyclic) bond motifs is 1. The molecule has 1 saturated heterocycles. The van der Waals surface area contributed by atoms with Crippen molar-refractivity contribution in [2.75, 3.05) is 13.6 Å². The summed E-state index contributed by atoms with van der Waals surface area (Å²) in [6, 6.07) is 10.6. The molecule has 0 bridgehead atoms. The van der Waals surface area contributed by atoms with E-state index in [1.807, 2.05) is 38.2 Å². The van der Waals surface area contributed by atoms with Gasteiger partial charge in [-0.25, -0.2) is 0 Å². The predicted octanol–water partition coefficient (Wildman–Crippen LogP) is 3.46. The van der Waals surface area contributed by atoms with Gasteiger partial charge in [0.2, 0.25) is 5.91 Å². The molecule has 1 fully saturated rings. The summed E-state index contributed by atoms with van der Waals surface area (Å²) in [6.45, 7) is 5.15. The van der Waals surface area contributed by atoms with Gasteiger partial charge >= 0.3 is 0 Å². The van der Waals surface area contributed by atoms with E-state index in [1.165, 1.54) is 12.8 Å². The number of hydrogen-bond donors (Lipinski definition) is 1. The molecular formula is C20H27N3O. The molecule has 0 radical (unpaired) electrons. The van der Waals surface area contributed by atoms with Crippen molar-refractivity contribution in [2.45, 2.75) is 51.1 Å². The van der Waals surface area contributed by atoms with Gasteiger partial charge in [0.25, 0.3) is 0 Å². The van der Waals surface area contributed by atoms with E-state index in [-0.39, 0.29) is 5.91 Å². The maximum Gasteiger partial charge on any atom is 0.222 e. The fourth-order valence-corrected chi connectivity index (χ4v) is 3.69. The van der Waals surface area contributed by atoms with Crippen molar-refractivity contribution in [1.82, 2.24) is 15.2 Å². The highest BCUT2D eigenvalue weighted by Gasteiger charge is 2.28. The summed E-state index contributed by atoms with van der Waals surface area (Å²) in [6.07, 6.45) is 5.94. The molecule has 4 heteroatoms. The van der Waals surface area contributed by atoms with E-state index in [0.29, 0.717) is 12.5 Å². The van der Waals surface area contributed by atoms with Crippen LogP contribution >= 0.6 is 0 Å². The Labute approximate surface area is 144 Å². The van der Waals surface area contributed by atoms with E-state index in [4.69, 9.17) is 0 Å². The monoisotopic (exact) mass is 325 g/mol. The Bertz CT molecular complexity index is 720. The molecule has 3 rings (SSSR count). The molecule has 0 spiro atoms. The predicted molar refractivity (Wildman–Crippen MR) is 97.8 cm³/mol. The fourth-order valence-electron chi connectivity index (χ4n) is 3.69. The van der Waals surface area contributed by atoms with Crippen molar-refractivity contribution in [1.29, 1.82) is 0 Å². The number of amides is 1. The Kier molecular flexibility index (Phi) is 4.86. The van der Waals surface area contributed by atoms with Crippen LogP contribution in [0.4, 0.5) is 0 Å². The molecule has 1 amide bonds. The van der Waals surface area contributed by atoms with E-state index in [2.05, 4.69) is 34.4 Å². The van der Waals surface area contributed by atoms with Crippen LogP contribution in [0.15, 0.2) is 36.5 Å². The van der Waals surface area contributed by atoms with Crippen LogP contribution in [0.2, 0.25) is 0 Å². The molecule has 1 N–H and O–H groups in total. The highest BCUT2D eigenvalue weighted by molar-refractivity contribution is 5.86. The number of carbonyl (C=O) groups is 1. The zero-order valence-corrected chi connectivity index (χ0v) is 14.9. The van der Waals surface area contributed by atoms with Crippen LogP contribution in [0.25, 0.3) is 10.8 Å².